The number of hydrogen-bond donors (Lipinski definition) is 0. The minimum Gasteiger partial charge on any atom is -0.465 e. The van der Waals surface area contributed by atoms with Crippen LogP contribution in [0.25, 0.3) is 0 Å². The summed E-state index contributed by atoms with van der Waals surface area (Å²) in [4.78, 5) is 11.3. The molecule has 0 aliphatic heterocycles. The average Bonchev–Trinajstić information content (AvgIpc) is 2.61. The van der Waals surface area contributed by atoms with Crippen LogP contribution in [0.15, 0.2) is 0 Å². The lowest BCUT2D eigenvalue weighted by Crippen LogP contribution is -2.70. The van der Waals surface area contributed by atoms with Crippen LogP contribution in [-0.4, -0.2) is 54.8 Å². The first kappa shape index (κ1) is 30.4. The summed E-state index contributed by atoms with van der Waals surface area (Å²) in [7, 11) is 0. The lowest BCUT2D eigenvalue weighted by atomic mass is 9.85. The third kappa shape index (κ3) is 5.15. The average molecular weight is 512 g/mol. The first-order valence-electron chi connectivity index (χ1n) is 8.35. The monoisotopic (exact) mass is 512 g/mol. The van der Waals surface area contributed by atoms with Gasteiger partial charge in [-0.3, -0.25) is 4.79 Å². The molecule has 0 fully saturated rings. The summed E-state index contributed by atoms with van der Waals surface area (Å²) >= 11 is 0. The fourth-order valence-corrected chi connectivity index (χ4v) is 2.11. The van der Waals surface area contributed by atoms with Crippen LogP contribution in [0, 0.1) is 11.8 Å². The highest BCUT2D eigenvalue weighted by molar-refractivity contribution is 5.71. The van der Waals surface area contributed by atoms with Gasteiger partial charge in [-0.25, -0.2) is 8.78 Å². The minimum absolute atomic E-state index is 0.0232. The van der Waals surface area contributed by atoms with Gasteiger partial charge in [0.2, 0.25) is 0 Å². The van der Waals surface area contributed by atoms with E-state index in [-0.39, 0.29) is 6.42 Å². The van der Waals surface area contributed by atoms with E-state index < -0.39 is 73.0 Å². The van der Waals surface area contributed by atoms with Crippen molar-refractivity contribution < 1.29 is 75.4 Å². The highest BCUT2D eigenvalue weighted by atomic mass is 19.4. The van der Waals surface area contributed by atoms with Crippen LogP contribution in [-0.2, 0) is 9.53 Å². The Bertz CT molecular complexity index is 641. The largest absolute Gasteiger partial charge is 0.465 e. The molecule has 2 nitrogen and oxygen atoms in total. The van der Waals surface area contributed by atoms with Gasteiger partial charge in [-0.05, 0) is 12.8 Å². The normalized spacial score (nSPS) is 16.8. The molecule has 0 N–H and O–H groups in total. The summed E-state index contributed by atoms with van der Waals surface area (Å²) in [6.45, 7) is 0.795. The van der Waals surface area contributed by atoms with Crippen LogP contribution in [0.2, 0.25) is 0 Å². The predicted octanol–water partition coefficient (Wildman–Crippen LogP) is 6.59. The molecule has 0 spiro atoms. The van der Waals surface area contributed by atoms with E-state index in [0.29, 0.717) is 0 Å². The topological polar surface area (TPSA) is 26.3 Å². The molecule has 32 heavy (non-hydrogen) atoms. The zero-order valence-electron chi connectivity index (χ0n) is 15.8. The highest BCUT2D eigenvalue weighted by Gasteiger charge is 2.89. The second-order valence-electron chi connectivity index (χ2n) is 6.63. The number of rotatable bonds is 11. The van der Waals surface area contributed by atoms with Gasteiger partial charge in [-0.15, -0.1) is 0 Å². The van der Waals surface area contributed by atoms with E-state index in [4.69, 9.17) is 0 Å². The molecule has 0 saturated carbocycles. The number of halogens is 15. The molecule has 0 rings (SSSR count). The Morgan fingerprint density at radius 2 is 1.16 bits per heavy atom. The van der Waals surface area contributed by atoms with Crippen LogP contribution >= 0.6 is 0 Å². The van der Waals surface area contributed by atoms with Crippen molar-refractivity contribution in [2.24, 2.45) is 11.8 Å². The van der Waals surface area contributed by atoms with Crippen molar-refractivity contribution in [2.75, 3.05) is 6.61 Å². The van der Waals surface area contributed by atoms with Crippen LogP contribution in [0.3, 0.4) is 0 Å². The number of esters is 1. The summed E-state index contributed by atoms with van der Waals surface area (Å²) in [5.74, 6) is -45.7. The van der Waals surface area contributed by atoms with Crippen LogP contribution in [0.5, 0.6) is 0 Å². The van der Waals surface area contributed by atoms with Gasteiger partial charge >= 0.3 is 48.2 Å². The number of carbonyl (C=O) groups is 1. The van der Waals surface area contributed by atoms with E-state index in [2.05, 4.69) is 4.74 Å². The summed E-state index contributed by atoms with van der Waals surface area (Å²) in [5.41, 5.74) is 0. The SMILES string of the molecule is CCC(C)C(=O)OCCC(C(F)(F)F)C(F)(F)C(F)(F)C(F)(F)C(F)(F)C(F)(F)C(F)F. The molecule has 2 atom stereocenters. The lowest BCUT2D eigenvalue weighted by Gasteiger charge is -2.41. The molecule has 0 bridgehead atoms. The van der Waals surface area contributed by atoms with Crippen molar-refractivity contribution in [3.05, 3.63) is 0 Å². The van der Waals surface area contributed by atoms with Crippen molar-refractivity contribution in [1.29, 1.82) is 0 Å². The fraction of sp³-hybridized carbons (Fsp3) is 0.933. The van der Waals surface area contributed by atoms with Gasteiger partial charge < -0.3 is 4.74 Å². The molecule has 17 heteroatoms. The first-order chi connectivity index (χ1) is 13.9. The number of alkyl halides is 15. The second-order valence-corrected chi connectivity index (χ2v) is 6.63. The molecule has 0 radical (unpaired) electrons. The summed E-state index contributed by atoms with van der Waals surface area (Å²) in [6, 6.07) is 0. The quantitative estimate of drug-likeness (QED) is 0.231. The van der Waals surface area contributed by atoms with Crippen LogP contribution < -0.4 is 0 Å². The fourth-order valence-electron chi connectivity index (χ4n) is 2.11. The summed E-state index contributed by atoms with van der Waals surface area (Å²) < 4.78 is 200. The van der Waals surface area contributed by atoms with Crippen molar-refractivity contribution in [3.63, 3.8) is 0 Å². The van der Waals surface area contributed by atoms with E-state index in [1.165, 1.54) is 6.92 Å². The maximum atomic E-state index is 13.9. The van der Waals surface area contributed by atoms with Crippen molar-refractivity contribution in [1.82, 2.24) is 0 Å². The Morgan fingerprint density at radius 3 is 1.50 bits per heavy atom. The van der Waals surface area contributed by atoms with Gasteiger partial charge in [0.1, 0.15) is 5.92 Å². The summed E-state index contributed by atoms with van der Waals surface area (Å²) in [5, 5.41) is 0. The van der Waals surface area contributed by atoms with Gasteiger partial charge in [0.15, 0.2) is 0 Å². The molecule has 0 aromatic carbocycles. The molecule has 0 saturated heterocycles. The van der Waals surface area contributed by atoms with Crippen LogP contribution in [0.4, 0.5) is 65.9 Å². The molecule has 0 aliphatic rings. The second kappa shape index (κ2) is 9.35. The highest BCUT2D eigenvalue weighted by Crippen LogP contribution is 2.61. The third-order valence-electron chi connectivity index (χ3n) is 4.40. The molecule has 0 aromatic rings. The first-order valence-corrected chi connectivity index (χ1v) is 8.35. The Labute approximate surface area is 170 Å². The summed E-state index contributed by atoms with van der Waals surface area (Å²) in [6.07, 6.45) is -14.7. The molecule has 2 unspecified atom stereocenters. The molecule has 0 aromatic heterocycles. The lowest BCUT2D eigenvalue weighted by molar-refractivity contribution is -0.427. The molecule has 0 heterocycles. The molecular formula is C15H15F15O2. The van der Waals surface area contributed by atoms with Gasteiger partial charge in [0.25, 0.3) is 0 Å². The number of carbonyl (C=O) groups excluding carboxylic acids is 1. The molecule has 0 aliphatic carbocycles. The Balaban J connectivity index is 6.20. The van der Waals surface area contributed by atoms with Gasteiger partial charge in [0.05, 0.1) is 12.5 Å². The maximum Gasteiger partial charge on any atom is 0.397 e. The Morgan fingerprint density at radius 1 is 0.750 bits per heavy atom. The third-order valence-corrected chi connectivity index (χ3v) is 4.40. The smallest absolute Gasteiger partial charge is 0.397 e. The zero-order chi connectivity index (χ0) is 26.1. The van der Waals surface area contributed by atoms with E-state index in [1.807, 2.05) is 0 Å². The number of ether oxygens (including phenoxy) is 1. The Kier molecular flexibility index (Phi) is 8.89. The Hall–Kier alpha value is -1.58. The standard InChI is InChI=1S/C15H15F15O2/c1-3-6(2)8(31)32-5-4-7(12(22,23)24)10(18,19)13(25,26)15(29,30)14(27,28)11(20,21)9(16)17/h6-7,9H,3-5H2,1-2H3. The predicted molar refractivity (Wildman–Crippen MR) is 75.3 cm³/mol. The minimum atomic E-state index is -8.08. The zero-order valence-corrected chi connectivity index (χ0v) is 15.8. The van der Waals surface area contributed by atoms with E-state index >= 15 is 0 Å². The van der Waals surface area contributed by atoms with Gasteiger partial charge in [0, 0.05) is 0 Å². The molecule has 0 amide bonds. The van der Waals surface area contributed by atoms with Crippen LogP contribution in [0.1, 0.15) is 26.7 Å². The molecular weight excluding hydrogens is 497 g/mol. The maximum absolute atomic E-state index is 13.9. The van der Waals surface area contributed by atoms with E-state index in [1.54, 1.807) is 0 Å². The van der Waals surface area contributed by atoms with Crippen molar-refractivity contribution in [3.8, 4) is 0 Å². The van der Waals surface area contributed by atoms with Gasteiger partial charge in [-0.2, -0.15) is 57.1 Å². The van der Waals surface area contributed by atoms with Crippen molar-refractivity contribution >= 4 is 5.97 Å². The van der Waals surface area contributed by atoms with Crippen molar-refractivity contribution in [2.45, 2.75) is 68.9 Å². The van der Waals surface area contributed by atoms with Gasteiger partial charge in [-0.1, -0.05) is 13.8 Å². The number of hydrogen-bond acceptors (Lipinski definition) is 2. The van der Waals surface area contributed by atoms with E-state index in [0.717, 1.165) is 6.92 Å². The van der Waals surface area contributed by atoms with E-state index in [9.17, 15) is 70.7 Å². The molecule has 192 valence electrons.